The van der Waals surface area contributed by atoms with Gasteiger partial charge in [-0.3, -0.25) is 0 Å². The predicted octanol–water partition coefficient (Wildman–Crippen LogP) is 1.31. The number of aliphatic carboxylic acids is 2. The van der Waals surface area contributed by atoms with Crippen molar-refractivity contribution in [3.05, 3.63) is 25.3 Å². The lowest BCUT2D eigenvalue weighted by atomic mass is 9.82. The first-order chi connectivity index (χ1) is 9.85. The van der Waals surface area contributed by atoms with Gasteiger partial charge in [-0.25, -0.2) is 9.59 Å². The minimum atomic E-state index is -2.47. The second-order valence-corrected chi connectivity index (χ2v) is 5.63. The van der Waals surface area contributed by atoms with Gasteiger partial charge in [0.1, 0.15) is 0 Å². The Morgan fingerprint density at radius 1 is 1.09 bits per heavy atom. The van der Waals surface area contributed by atoms with Crippen LogP contribution >= 0.6 is 0 Å². The van der Waals surface area contributed by atoms with Gasteiger partial charge in [-0.2, -0.15) is 9.78 Å². The molecule has 0 saturated carbocycles. The van der Waals surface area contributed by atoms with E-state index in [1.165, 1.54) is 39.8 Å². The van der Waals surface area contributed by atoms with E-state index in [0.29, 0.717) is 0 Å². The van der Waals surface area contributed by atoms with Crippen LogP contribution in [0.3, 0.4) is 0 Å². The fourth-order valence-corrected chi connectivity index (χ4v) is 1.31. The molecular weight excluding hydrogens is 296 g/mol. The van der Waals surface area contributed by atoms with Crippen LogP contribution in [0.25, 0.3) is 0 Å². The molecule has 0 amide bonds. The van der Waals surface area contributed by atoms with Gasteiger partial charge < -0.3 is 20.1 Å². The molecule has 0 aliphatic rings. The van der Waals surface area contributed by atoms with Crippen molar-refractivity contribution in [1.82, 2.24) is 0 Å². The van der Waals surface area contributed by atoms with Gasteiger partial charge in [-0.1, -0.05) is 26.0 Å². The summed E-state index contributed by atoms with van der Waals surface area (Å²) < 4.78 is 5.48. The maximum atomic E-state index is 11.8. The van der Waals surface area contributed by atoms with E-state index in [1.54, 1.807) is 0 Å². The van der Waals surface area contributed by atoms with Crippen LogP contribution in [0.15, 0.2) is 25.3 Å². The Morgan fingerprint density at radius 2 is 1.59 bits per heavy atom. The Morgan fingerprint density at radius 3 is 1.91 bits per heavy atom. The molecule has 0 rings (SSSR count). The minimum Gasteiger partial charge on any atom is -0.477 e. The Labute approximate surface area is 128 Å². The van der Waals surface area contributed by atoms with Crippen LogP contribution in [0, 0.1) is 5.41 Å². The van der Waals surface area contributed by atoms with E-state index in [1.807, 2.05) is 0 Å². The molecule has 0 aliphatic carbocycles. The number of aliphatic hydroxyl groups is 1. The Hall–Kier alpha value is -1.74. The van der Waals surface area contributed by atoms with Crippen LogP contribution in [0.5, 0.6) is 0 Å². The topological polar surface area (TPSA) is 123 Å². The molecule has 0 heterocycles. The van der Waals surface area contributed by atoms with E-state index in [4.69, 9.17) is 19.8 Å². The lowest BCUT2D eigenvalue weighted by Crippen LogP contribution is -2.58. The lowest BCUT2D eigenvalue weighted by Gasteiger charge is -2.43. The smallest absolute Gasteiger partial charge is 0.368 e. The van der Waals surface area contributed by atoms with Crippen molar-refractivity contribution in [2.75, 3.05) is 0 Å². The van der Waals surface area contributed by atoms with Crippen LogP contribution in [-0.2, 0) is 24.1 Å². The molecule has 0 aromatic rings. The molecule has 2 atom stereocenters. The molecule has 0 fully saturated rings. The number of carboxylic acids is 2. The second kappa shape index (κ2) is 7.01. The maximum Gasteiger partial charge on any atom is 0.368 e. The maximum absolute atomic E-state index is 11.8. The zero-order valence-corrected chi connectivity index (χ0v) is 13.0. The van der Waals surface area contributed by atoms with Crippen LogP contribution in [-0.4, -0.2) is 44.9 Å². The minimum absolute atomic E-state index is 1.16. The summed E-state index contributed by atoms with van der Waals surface area (Å²) in [7, 11) is 0. The summed E-state index contributed by atoms with van der Waals surface area (Å²) in [6.07, 6.45) is 0.201. The van der Waals surface area contributed by atoms with E-state index in [0.717, 1.165) is 0 Å². The van der Waals surface area contributed by atoms with E-state index < -0.39 is 35.0 Å². The third kappa shape index (κ3) is 4.38. The molecule has 8 nitrogen and oxygen atoms in total. The number of ether oxygens (including phenoxy) is 1. The fraction of sp³-hybridized carbons (Fsp3) is 0.571. The SMILES string of the molecule is C=CC(C)(C)OC(OOC(O)C(=O)O)(C(=O)O)C(C)(C)C=C. The Balaban J connectivity index is 5.80. The summed E-state index contributed by atoms with van der Waals surface area (Å²) in [5, 5.41) is 27.3. The van der Waals surface area contributed by atoms with Crippen molar-refractivity contribution in [1.29, 1.82) is 0 Å². The lowest BCUT2D eigenvalue weighted by molar-refractivity contribution is -0.475. The van der Waals surface area contributed by atoms with E-state index in [2.05, 4.69) is 18.0 Å². The first-order valence-electron chi connectivity index (χ1n) is 6.31. The molecule has 3 N–H and O–H groups in total. The van der Waals surface area contributed by atoms with Crippen LogP contribution in [0.4, 0.5) is 0 Å². The average molecular weight is 318 g/mol. The third-order valence-electron chi connectivity index (χ3n) is 3.01. The predicted molar refractivity (Wildman–Crippen MR) is 75.5 cm³/mol. The number of carbonyl (C=O) groups is 2. The highest BCUT2D eigenvalue weighted by molar-refractivity contribution is 5.77. The van der Waals surface area contributed by atoms with E-state index >= 15 is 0 Å². The molecule has 0 aromatic carbocycles. The zero-order chi connectivity index (χ0) is 17.8. The van der Waals surface area contributed by atoms with Crippen LogP contribution in [0.1, 0.15) is 27.7 Å². The average Bonchev–Trinajstić information content (AvgIpc) is 2.42. The molecule has 0 aromatic heterocycles. The van der Waals surface area contributed by atoms with Crippen LogP contribution in [0.2, 0.25) is 0 Å². The van der Waals surface area contributed by atoms with Crippen molar-refractivity contribution in [2.45, 2.75) is 45.4 Å². The summed E-state index contributed by atoms with van der Waals surface area (Å²) in [6.45, 7) is 13.0. The summed E-state index contributed by atoms with van der Waals surface area (Å²) in [4.78, 5) is 31.3. The molecule has 0 radical (unpaired) electrons. The number of rotatable bonds is 10. The van der Waals surface area contributed by atoms with Crippen molar-refractivity contribution in [3.8, 4) is 0 Å². The zero-order valence-electron chi connectivity index (χ0n) is 13.0. The van der Waals surface area contributed by atoms with Crippen molar-refractivity contribution in [3.63, 3.8) is 0 Å². The molecule has 8 heteroatoms. The van der Waals surface area contributed by atoms with Crippen molar-refractivity contribution < 1.29 is 39.4 Å². The molecule has 0 saturated heterocycles. The highest BCUT2D eigenvalue weighted by Gasteiger charge is 2.57. The number of aliphatic hydroxyl groups excluding tert-OH is 1. The van der Waals surface area contributed by atoms with Crippen LogP contribution < -0.4 is 0 Å². The van der Waals surface area contributed by atoms with Crippen molar-refractivity contribution >= 4 is 11.9 Å². The fourth-order valence-electron chi connectivity index (χ4n) is 1.31. The molecule has 0 spiro atoms. The molecular formula is C14H22O8. The summed E-state index contributed by atoms with van der Waals surface area (Å²) in [5.41, 5.74) is -2.51. The third-order valence-corrected chi connectivity index (χ3v) is 3.01. The normalized spacial score (nSPS) is 16.4. The molecule has 126 valence electrons. The first-order valence-corrected chi connectivity index (χ1v) is 6.31. The highest BCUT2D eigenvalue weighted by Crippen LogP contribution is 2.40. The van der Waals surface area contributed by atoms with Gasteiger partial charge in [-0.15, -0.1) is 13.2 Å². The number of carboxylic acid groups (broad SMARTS) is 2. The molecule has 0 aliphatic heterocycles. The van der Waals surface area contributed by atoms with Gasteiger partial charge in [0.2, 0.25) is 0 Å². The first kappa shape index (κ1) is 20.3. The van der Waals surface area contributed by atoms with Gasteiger partial charge in [-0.05, 0) is 13.8 Å². The summed E-state index contributed by atoms with van der Waals surface area (Å²) >= 11 is 0. The number of hydrogen-bond acceptors (Lipinski definition) is 6. The summed E-state index contributed by atoms with van der Waals surface area (Å²) in [6, 6.07) is 0. The van der Waals surface area contributed by atoms with Gasteiger partial charge in [0.05, 0.1) is 11.0 Å². The molecule has 2 unspecified atom stereocenters. The van der Waals surface area contributed by atoms with Gasteiger partial charge in [0.15, 0.2) is 0 Å². The summed E-state index contributed by atoms with van der Waals surface area (Å²) in [5.74, 6) is -5.81. The molecule has 0 bridgehead atoms. The van der Waals surface area contributed by atoms with E-state index in [-0.39, 0.29) is 0 Å². The Kier molecular flexibility index (Phi) is 6.46. The standard InChI is InChI=1S/C14H22O8/c1-7-12(3,4)14(11(18)19,21-13(5,6)8-2)22-20-10(17)9(15)16/h7-8,10,17H,1-2H2,3-6H3,(H,15,16)(H,18,19). The number of hydrogen-bond donors (Lipinski definition) is 3. The second-order valence-electron chi connectivity index (χ2n) is 5.63. The van der Waals surface area contributed by atoms with Gasteiger partial charge >= 0.3 is 17.7 Å². The highest BCUT2D eigenvalue weighted by atomic mass is 17.3. The van der Waals surface area contributed by atoms with Gasteiger partial charge in [0.25, 0.3) is 6.29 Å². The van der Waals surface area contributed by atoms with Gasteiger partial charge in [0, 0.05) is 0 Å². The largest absolute Gasteiger partial charge is 0.477 e. The Bertz CT molecular complexity index is 454. The monoisotopic (exact) mass is 318 g/mol. The van der Waals surface area contributed by atoms with Crippen molar-refractivity contribution in [2.24, 2.45) is 5.41 Å². The van der Waals surface area contributed by atoms with E-state index in [9.17, 15) is 14.7 Å². The quantitative estimate of drug-likeness (QED) is 0.238. The molecule has 22 heavy (non-hydrogen) atoms.